The van der Waals surface area contributed by atoms with Crippen LogP contribution in [0.5, 0.6) is 11.5 Å². The van der Waals surface area contributed by atoms with Gasteiger partial charge in [-0.1, -0.05) is 43.5 Å². The van der Waals surface area contributed by atoms with Gasteiger partial charge in [0.1, 0.15) is 19.2 Å². The summed E-state index contributed by atoms with van der Waals surface area (Å²) in [5.41, 5.74) is 3.23. The lowest BCUT2D eigenvalue weighted by Crippen LogP contribution is -2.42. The second-order valence-electron chi connectivity index (χ2n) is 11.2. The summed E-state index contributed by atoms with van der Waals surface area (Å²) in [5.74, 6) is 1.28. The fraction of sp³-hybridized carbons (Fsp3) is 0.469. The number of imide groups is 1. The minimum Gasteiger partial charge on any atom is -0.493 e. The van der Waals surface area contributed by atoms with Crippen molar-refractivity contribution in [3.05, 3.63) is 70.8 Å². The molecule has 0 aromatic heterocycles. The van der Waals surface area contributed by atoms with Crippen LogP contribution in [0.3, 0.4) is 0 Å². The van der Waals surface area contributed by atoms with Crippen LogP contribution in [0.15, 0.2) is 48.6 Å². The molecule has 4 aliphatic rings. The van der Waals surface area contributed by atoms with Crippen LogP contribution < -0.4 is 9.47 Å². The van der Waals surface area contributed by atoms with Gasteiger partial charge in [0, 0.05) is 36.9 Å². The zero-order chi connectivity index (χ0) is 27.0. The number of ether oxygens (including phenoxy) is 2. The van der Waals surface area contributed by atoms with Gasteiger partial charge in [-0.3, -0.25) is 14.5 Å². The summed E-state index contributed by atoms with van der Waals surface area (Å²) in [6, 6.07) is 11.2. The number of methoxy groups -OCH3 is 1. The highest BCUT2D eigenvalue weighted by molar-refractivity contribution is 6.21. The Kier molecular flexibility index (Phi) is 7.02. The summed E-state index contributed by atoms with van der Waals surface area (Å²) in [6.45, 7) is 2.44. The molecule has 1 spiro atoms. The predicted molar refractivity (Wildman–Crippen MR) is 148 cm³/mol. The number of hydrogen-bond donors (Lipinski definition) is 1. The first-order valence-corrected chi connectivity index (χ1v) is 14.3. The van der Waals surface area contributed by atoms with E-state index in [1.165, 1.54) is 16.0 Å². The summed E-state index contributed by atoms with van der Waals surface area (Å²) in [5, 5.41) is 10.3. The number of benzene rings is 2. The smallest absolute Gasteiger partial charge is 0.261 e. The first kappa shape index (κ1) is 25.8. The number of unbranched alkanes of at least 4 members (excludes halogenated alkanes) is 5. The highest BCUT2D eigenvalue weighted by Gasteiger charge is 2.53. The second-order valence-corrected chi connectivity index (χ2v) is 11.2. The minimum absolute atomic E-state index is 0.0730. The van der Waals surface area contributed by atoms with Crippen molar-refractivity contribution in [1.82, 2.24) is 4.90 Å². The van der Waals surface area contributed by atoms with Gasteiger partial charge >= 0.3 is 0 Å². The van der Waals surface area contributed by atoms with Gasteiger partial charge in [0.05, 0.1) is 29.8 Å². The van der Waals surface area contributed by atoms with E-state index < -0.39 is 6.10 Å². The first-order chi connectivity index (χ1) is 19.0. The van der Waals surface area contributed by atoms with Crippen molar-refractivity contribution < 1.29 is 28.7 Å². The largest absolute Gasteiger partial charge is 0.493 e. The zero-order valence-corrected chi connectivity index (χ0v) is 22.6. The molecule has 39 heavy (non-hydrogen) atoms. The van der Waals surface area contributed by atoms with Gasteiger partial charge in [0.15, 0.2) is 17.7 Å². The van der Waals surface area contributed by atoms with Crippen LogP contribution in [-0.4, -0.2) is 71.6 Å². The Morgan fingerprint density at radius 2 is 1.74 bits per heavy atom. The van der Waals surface area contributed by atoms with Crippen LogP contribution in [0.25, 0.3) is 0 Å². The van der Waals surface area contributed by atoms with Crippen LogP contribution in [0.2, 0.25) is 0 Å². The maximum Gasteiger partial charge on any atom is 0.261 e. The van der Waals surface area contributed by atoms with Crippen LogP contribution in [0.1, 0.15) is 83.2 Å². The van der Waals surface area contributed by atoms with Crippen molar-refractivity contribution in [3.8, 4) is 11.5 Å². The van der Waals surface area contributed by atoms with Gasteiger partial charge < -0.3 is 14.6 Å². The maximum absolute atomic E-state index is 12.5. The standard InChI is InChI=1S/C32H37N2O5/c1-38-26-13-12-22-21-33(19-16-32-15-14-23(35)20-27(32)39-29(26)28(22)32)17-8-4-2-3-5-9-18-34-30(36)24-10-6-7-11-25(24)31(34)37/h6-7,10-15,21,23,27,35H,2-5,8-9,16-20H2,1H3/q+1/t23-,27-,32+/m0/s1. The minimum atomic E-state index is -0.472. The lowest BCUT2D eigenvalue weighted by molar-refractivity contribution is -0.524. The van der Waals surface area contributed by atoms with Gasteiger partial charge in [-0.25, -0.2) is 4.58 Å². The lowest BCUT2D eigenvalue weighted by Gasteiger charge is -2.34. The van der Waals surface area contributed by atoms with Crippen LogP contribution >= 0.6 is 0 Å². The van der Waals surface area contributed by atoms with Crippen molar-refractivity contribution in [2.45, 2.75) is 69.0 Å². The number of fused-ring (bicyclic) bond motifs is 1. The topological polar surface area (TPSA) is 79.1 Å². The first-order valence-electron chi connectivity index (χ1n) is 14.3. The molecule has 7 nitrogen and oxygen atoms in total. The van der Waals surface area contributed by atoms with Crippen LogP contribution in [-0.2, 0) is 5.41 Å². The third kappa shape index (κ3) is 4.56. The predicted octanol–water partition coefficient (Wildman–Crippen LogP) is 4.49. The molecule has 0 radical (unpaired) electrons. The molecular weight excluding hydrogens is 492 g/mol. The van der Waals surface area contributed by atoms with Gasteiger partial charge in [-0.05, 0) is 37.1 Å². The average molecular weight is 530 g/mol. The van der Waals surface area contributed by atoms with E-state index in [4.69, 9.17) is 9.47 Å². The lowest BCUT2D eigenvalue weighted by atomic mass is 9.69. The Hall–Kier alpha value is -3.45. The van der Waals surface area contributed by atoms with E-state index in [1.807, 2.05) is 12.1 Å². The second kappa shape index (κ2) is 10.6. The van der Waals surface area contributed by atoms with Gasteiger partial charge in [0.2, 0.25) is 0 Å². The molecule has 2 aromatic carbocycles. The summed E-state index contributed by atoms with van der Waals surface area (Å²) >= 11 is 0. The van der Waals surface area contributed by atoms with Crippen molar-refractivity contribution in [1.29, 1.82) is 0 Å². The van der Waals surface area contributed by atoms with Crippen molar-refractivity contribution in [3.63, 3.8) is 0 Å². The number of carbonyl (C=O) groups excluding carboxylic acids is 2. The number of aliphatic hydroxyl groups excluding tert-OH is 1. The number of carbonyl (C=O) groups is 2. The molecule has 0 saturated heterocycles. The van der Waals surface area contributed by atoms with E-state index in [0.29, 0.717) is 24.1 Å². The highest BCUT2D eigenvalue weighted by atomic mass is 16.5. The third-order valence-corrected chi connectivity index (χ3v) is 8.83. The fourth-order valence-corrected chi connectivity index (χ4v) is 6.75. The Morgan fingerprint density at radius 1 is 1.03 bits per heavy atom. The highest BCUT2D eigenvalue weighted by Crippen LogP contribution is 2.54. The Bertz CT molecular complexity index is 1310. The SMILES string of the molecule is COc1ccc2c3c1O[C@H]1C[C@@H](O)C=C[C@]31CC[N+](CCCCCCCCN1C(=O)c3ccccc3C1=O)=C2. The zero-order valence-electron chi connectivity index (χ0n) is 22.6. The van der Waals surface area contributed by atoms with Crippen LogP contribution in [0.4, 0.5) is 0 Å². The van der Waals surface area contributed by atoms with Crippen molar-refractivity contribution in [2.75, 3.05) is 26.7 Å². The maximum atomic E-state index is 12.5. The quantitative estimate of drug-likeness (QED) is 0.212. The fourth-order valence-electron chi connectivity index (χ4n) is 6.75. The molecule has 7 heteroatoms. The molecular formula is C32H37N2O5+. The monoisotopic (exact) mass is 529 g/mol. The van der Waals surface area contributed by atoms with E-state index in [9.17, 15) is 14.7 Å². The van der Waals surface area contributed by atoms with Gasteiger partial charge in [-0.2, -0.15) is 0 Å². The summed E-state index contributed by atoms with van der Waals surface area (Å²) < 4.78 is 14.5. The summed E-state index contributed by atoms with van der Waals surface area (Å²) in [6.07, 6.45) is 13.8. The molecule has 0 fully saturated rings. The van der Waals surface area contributed by atoms with Gasteiger partial charge in [0.25, 0.3) is 11.8 Å². The molecule has 1 aliphatic carbocycles. The average Bonchev–Trinajstić information content (AvgIpc) is 3.33. The van der Waals surface area contributed by atoms with Crippen molar-refractivity contribution in [2.24, 2.45) is 0 Å². The van der Waals surface area contributed by atoms with E-state index in [-0.39, 0.29) is 23.3 Å². The van der Waals surface area contributed by atoms with Gasteiger partial charge in [-0.15, -0.1) is 0 Å². The van der Waals surface area contributed by atoms with Crippen molar-refractivity contribution >= 4 is 18.0 Å². The molecule has 2 amide bonds. The molecule has 6 rings (SSSR count). The molecule has 0 unspecified atom stereocenters. The summed E-state index contributed by atoms with van der Waals surface area (Å²) in [4.78, 5) is 26.4. The van der Waals surface area contributed by atoms with E-state index in [0.717, 1.165) is 69.5 Å². The Balaban J connectivity index is 0.989. The Labute approximate surface area is 229 Å². The number of amides is 2. The Morgan fingerprint density at radius 3 is 2.49 bits per heavy atom. The number of hydrogen-bond acceptors (Lipinski definition) is 5. The molecule has 204 valence electrons. The van der Waals surface area contributed by atoms with E-state index in [2.05, 4.69) is 22.9 Å². The normalized spacial score (nSPS) is 24.6. The molecule has 3 aliphatic heterocycles. The summed E-state index contributed by atoms with van der Waals surface area (Å²) in [7, 11) is 1.68. The molecule has 3 atom stereocenters. The van der Waals surface area contributed by atoms with Crippen LogP contribution in [0, 0.1) is 0 Å². The number of aliphatic hydroxyl groups is 1. The third-order valence-electron chi connectivity index (χ3n) is 8.83. The molecule has 3 heterocycles. The molecule has 2 aromatic rings. The molecule has 0 bridgehead atoms. The number of rotatable bonds is 10. The molecule has 1 N–H and O–H groups in total. The van der Waals surface area contributed by atoms with E-state index in [1.54, 1.807) is 31.4 Å². The van der Waals surface area contributed by atoms with E-state index >= 15 is 0 Å². The number of nitrogens with zero attached hydrogens (tertiary/aromatic N) is 2. The molecule has 0 saturated carbocycles.